The molecule has 0 aromatic heterocycles. The fraction of sp³-hybridized carbons (Fsp3) is 0.400. The smallest absolute Gasteiger partial charge is 0.124 e. The Bertz CT molecular complexity index is 321. The predicted molar refractivity (Wildman–Crippen MR) is 56.1 cm³/mol. The van der Waals surface area contributed by atoms with Crippen LogP contribution >= 0.6 is 15.9 Å². The van der Waals surface area contributed by atoms with Gasteiger partial charge in [-0.15, -0.1) is 0 Å². The van der Waals surface area contributed by atoms with Crippen LogP contribution in [-0.4, -0.2) is 12.2 Å². The molecular weight excluding hydrogens is 232 g/mol. The van der Waals surface area contributed by atoms with Crippen LogP contribution in [0.5, 0.6) is 5.75 Å². The van der Waals surface area contributed by atoms with E-state index in [0.717, 1.165) is 26.9 Å². The fourth-order valence-electron chi connectivity index (χ4n) is 1.34. The van der Waals surface area contributed by atoms with Gasteiger partial charge in [0.2, 0.25) is 0 Å². The third-order valence-electron chi connectivity index (χ3n) is 2.15. The molecule has 1 N–H and O–H groups in total. The van der Waals surface area contributed by atoms with Crippen molar-refractivity contribution in [1.29, 1.82) is 0 Å². The number of benzene rings is 1. The van der Waals surface area contributed by atoms with Crippen LogP contribution in [0.15, 0.2) is 10.5 Å². The monoisotopic (exact) mass is 244 g/mol. The maximum atomic E-state index is 9.14. The van der Waals surface area contributed by atoms with E-state index >= 15 is 0 Å². The van der Waals surface area contributed by atoms with E-state index in [1.807, 2.05) is 19.9 Å². The molecule has 1 rings (SSSR count). The standard InChI is InChI=1S/C10H13BrO2/c1-6-4-9(13-3)8(5-12)7(2)10(6)11/h4,12H,5H2,1-3H3. The van der Waals surface area contributed by atoms with E-state index in [2.05, 4.69) is 15.9 Å². The molecule has 1 aromatic carbocycles. The third-order valence-corrected chi connectivity index (χ3v) is 3.37. The zero-order valence-corrected chi connectivity index (χ0v) is 9.60. The highest BCUT2D eigenvalue weighted by atomic mass is 79.9. The van der Waals surface area contributed by atoms with E-state index in [4.69, 9.17) is 9.84 Å². The molecule has 72 valence electrons. The number of aliphatic hydroxyl groups is 1. The normalized spacial score (nSPS) is 10.2. The van der Waals surface area contributed by atoms with Crippen LogP contribution in [0, 0.1) is 13.8 Å². The summed E-state index contributed by atoms with van der Waals surface area (Å²) in [7, 11) is 1.61. The van der Waals surface area contributed by atoms with Crippen LogP contribution in [0.2, 0.25) is 0 Å². The van der Waals surface area contributed by atoms with Crippen LogP contribution in [0.1, 0.15) is 16.7 Å². The third kappa shape index (κ3) is 1.86. The van der Waals surface area contributed by atoms with E-state index in [1.54, 1.807) is 7.11 Å². The highest BCUT2D eigenvalue weighted by molar-refractivity contribution is 9.10. The maximum absolute atomic E-state index is 9.14. The van der Waals surface area contributed by atoms with Gasteiger partial charge in [-0.05, 0) is 31.0 Å². The Hall–Kier alpha value is -0.540. The molecule has 0 aliphatic heterocycles. The van der Waals surface area contributed by atoms with Gasteiger partial charge in [0.05, 0.1) is 13.7 Å². The molecule has 0 unspecified atom stereocenters. The predicted octanol–water partition coefficient (Wildman–Crippen LogP) is 2.57. The minimum atomic E-state index is 0.00782. The molecule has 0 aliphatic carbocycles. The second-order valence-corrected chi connectivity index (χ2v) is 3.76. The number of aryl methyl sites for hydroxylation is 1. The van der Waals surface area contributed by atoms with Crippen molar-refractivity contribution in [3.05, 3.63) is 27.2 Å². The SMILES string of the molecule is COc1cc(C)c(Br)c(C)c1CO. The number of methoxy groups -OCH3 is 1. The summed E-state index contributed by atoms with van der Waals surface area (Å²) >= 11 is 3.47. The van der Waals surface area contributed by atoms with Crippen molar-refractivity contribution < 1.29 is 9.84 Å². The lowest BCUT2D eigenvalue weighted by molar-refractivity contribution is 0.272. The van der Waals surface area contributed by atoms with Crippen molar-refractivity contribution in [1.82, 2.24) is 0 Å². The number of ether oxygens (including phenoxy) is 1. The first-order valence-corrected chi connectivity index (χ1v) is 4.84. The van der Waals surface area contributed by atoms with Gasteiger partial charge < -0.3 is 9.84 Å². The van der Waals surface area contributed by atoms with Crippen molar-refractivity contribution in [2.75, 3.05) is 7.11 Å². The molecule has 0 atom stereocenters. The molecule has 0 heterocycles. The molecule has 13 heavy (non-hydrogen) atoms. The molecule has 3 heteroatoms. The largest absolute Gasteiger partial charge is 0.496 e. The Morgan fingerprint density at radius 1 is 1.46 bits per heavy atom. The topological polar surface area (TPSA) is 29.5 Å². The van der Waals surface area contributed by atoms with E-state index in [9.17, 15) is 0 Å². The number of hydrogen-bond donors (Lipinski definition) is 1. The van der Waals surface area contributed by atoms with E-state index in [-0.39, 0.29) is 6.61 Å². The first-order chi connectivity index (χ1) is 6.11. The Kier molecular flexibility index (Phi) is 3.33. The van der Waals surface area contributed by atoms with E-state index < -0.39 is 0 Å². The summed E-state index contributed by atoms with van der Waals surface area (Å²) in [5, 5.41) is 9.14. The average molecular weight is 245 g/mol. The molecule has 0 fully saturated rings. The van der Waals surface area contributed by atoms with Crippen LogP contribution in [0.4, 0.5) is 0 Å². The van der Waals surface area contributed by atoms with Gasteiger partial charge >= 0.3 is 0 Å². The first kappa shape index (κ1) is 10.5. The van der Waals surface area contributed by atoms with Crippen molar-refractivity contribution in [2.45, 2.75) is 20.5 Å². The lowest BCUT2D eigenvalue weighted by Gasteiger charge is -2.13. The number of hydrogen-bond acceptors (Lipinski definition) is 2. The zero-order valence-electron chi connectivity index (χ0n) is 8.02. The van der Waals surface area contributed by atoms with Gasteiger partial charge in [-0.3, -0.25) is 0 Å². The Morgan fingerprint density at radius 3 is 2.54 bits per heavy atom. The minimum Gasteiger partial charge on any atom is -0.496 e. The molecular formula is C10H13BrO2. The van der Waals surface area contributed by atoms with Crippen molar-refractivity contribution in [2.24, 2.45) is 0 Å². The molecule has 0 saturated carbocycles. The fourth-order valence-corrected chi connectivity index (χ4v) is 1.69. The van der Waals surface area contributed by atoms with Gasteiger partial charge in [0.15, 0.2) is 0 Å². The van der Waals surface area contributed by atoms with Crippen LogP contribution in [0.25, 0.3) is 0 Å². The second-order valence-electron chi connectivity index (χ2n) is 2.97. The number of aliphatic hydroxyl groups excluding tert-OH is 1. The molecule has 0 spiro atoms. The number of halogens is 1. The van der Waals surface area contributed by atoms with Crippen molar-refractivity contribution in [3.8, 4) is 5.75 Å². The van der Waals surface area contributed by atoms with Crippen LogP contribution < -0.4 is 4.74 Å². The summed E-state index contributed by atoms with van der Waals surface area (Å²) in [4.78, 5) is 0. The lowest BCUT2D eigenvalue weighted by atomic mass is 10.1. The molecule has 0 amide bonds. The first-order valence-electron chi connectivity index (χ1n) is 4.05. The van der Waals surface area contributed by atoms with Gasteiger partial charge in [0.25, 0.3) is 0 Å². The van der Waals surface area contributed by atoms with Gasteiger partial charge in [-0.1, -0.05) is 15.9 Å². The van der Waals surface area contributed by atoms with Gasteiger partial charge in [0.1, 0.15) is 5.75 Å². The van der Waals surface area contributed by atoms with Crippen LogP contribution in [-0.2, 0) is 6.61 Å². The van der Waals surface area contributed by atoms with Crippen molar-refractivity contribution in [3.63, 3.8) is 0 Å². The minimum absolute atomic E-state index is 0.00782. The Balaban J connectivity index is 3.39. The maximum Gasteiger partial charge on any atom is 0.124 e. The summed E-state index contributed by atoms with van der Waals surface area (Å²) in [5.74, 6) is 0.751. The molecule has 0 bridgehead atoms. The summed E-state index contributed by atoms with van der Waals surface area (Å²) < 4.78 is 6.21. The quantitative estimate of drug-likeness (QED) is 0.867. The van der Waals surface area contributed by atoms with Gasteiger partial charge in [-0.2, -0.15) is 0 Å². The van der Waals surface area contributed by atoms with Crippen LogP contribution in [0.3, 0.4) is 0 Å². The lowest BCUT2D eigenvalue weighted by Crippen LogP contribution is -1.97. The van der Waals surface area contributed by atoms with E-state index in [0.29, 0.717) is 0 Å². The second kappa shape index (κ2) is 4.11. The summed E-state index contributed by atoms with van der Waals surface area (Å²) in [5.41, 5.74) is 3.01. The highest BCUT2D eigenvalue weighted by Crippen LogP contribution is 2.31. The molecule has 0 aliphatic rings. The Labute approximate surface area is 86.7 Å². The van der Waals surface area contributed by atoms with Gasteiger partial charge in [0, 0.05) is 10.0 Å². The summed E-state index contributed by atoms with van der Waals surface area (Å²) in [6.45, 7) is 3.97. The number of rotatable bonds is 2. The highest BCUT2D eigenvalue weighted by Gasteiger charge is 2.10. The summed E-state index contributed by atoms with van der Waals surface area (Å²) in [6, 6.07) is 1.92. The van der Waals surface area contributed by atoms with E-state index in [1.165, 1.54) is 0 Å². The molecule has 1 aromatic rings. The van der Waals surface area contributed by atoms with Gasteiger partial charge in [-0.25, -0.2) is 0 Å². The molecule has 2 nitrogen and oxygen atoms in total. The Morgan fingerprint density at radius 2 is 2.08 bits per heavy atom. The van der Waals surface area contributed by atoms with Crippen molar-refractivity contribution >= 4 is 15.9 Å². The average Bonchev–Trinajstić information content (AvgIpc) is 2.13. The molecule has 0 saturated heterocycles. The zero-order chi connectivity index (χ0) is 10.0. The summed E-state index contributed by atoms with van der Waals surface area (Å²) in [6.07, 6.45) is 0. The molecule has 0 radical (unpaired) electrons.